The Morgan fingerprint density at radius 1 is 0.939 bits per heavy atom. The third kappa shape index (κ3) is 6.88. The van der Waals surface area contributed by atoms with Gasteiger partial charge < -0.3 is 24.3 Å². The van der Waals surface area contributed by atoms with E-state index in [-0.39, 0.29) is 12.0 Å². The van der Waals surface area contributed by atoms with Crippen molar-refractivity contribution in [1.82, 2.24) is 0 Å². The van der Waals surface area contributed by atoms with Crippen molar-refractivity contribution in [1.29, 1.82) is 0 Å². The average Bonchev–Trinajstić information content (AvgIpc) is 3.36. The van der Waals surface area contributed by atoms with Crippen LogP contribution in [0.3, 0.4) is 0 Å². The van der Waals surface area contributed by atoms with E-state index in [0.717, 1.165) is 25.2 Å². The molecule has 1 heterocycles. The van der Waals surface area contributed by atoms with Crippen molar-refractivity contribution >= 4 is 23.2 Å². The Kier molecular flexibility index (Phi) is 8.06. The molecule has 0 aromatic heterocycles. The number of hydrogen-bond donors (Lipinski definition) is 1. The molecule has 0 radical (unpaired) electrons. The minimum Gasteiger partial charge on any atom is -0.490 e. The predicted octanol–water partition coefficient (Wildman–Crippen LogP) is 5.61. The van der Waals surface area contributed by atoms with Gasteiger partial charge in [-0.2, -0.15) is 0 Å². The lowest BCUT2D eigenvalue weighted by Gasteiger charge is -2.15. The van der Waals surface area contributed by atoms with Crippen LogP contribution in [0.1, 0.15) is 23.2 Å². The Bertz CT molecular complexity index is 1040. The minimum absolute atomic E-state index is 0.0786. The van der Waals surface area contributed by atoms with Crippen LogP contribution in [0.5, 0.6) is 17.2 Å². The van der Waals surface area contributed by atoms with Crippen LogP contribution in [-0.4, -0.2) is 38.4 Å². The second-order valence-electron chi connectivity index (χ2n) is 7.57. The summed E-state index contributed by atoms with van der Waals surface area (Å²) in [7, 11) is 0. The monoisotopic (exact) mass is 467 g/mol. The highest BCUT2D eigenvalue weighted by Crippen LogP contribution is 2.29. The maximum atomic E-state index is 12.8. The zero-order chi connectivity index (χ0) is 22.9. The summed E-state index contributed by atoms with van der Waals surface area (Å²) in [5.41, 5.74) is 1.01. The zero-order valence-electron chi connectivity index (χ0n) is 18.2. The highest BCUT2D eigenvalue weighted by molar-refractivity contribution is 6.31. The smallest absolute Gasteiger partial charge is 0.255 e. The predicted molar refractivity (Wildman–Crippen MR) is 128 cm³/mol. The first-order chi connectivity index (χ1) is 16.2. The van der Waals surface area contributed by atoms with E-state index in [1.54, 1.807) is 42.5 Å². The fourth-order valence-electron chi connectivity index (χ4n) is 3.42. The summed E-state index contributed by atoms with van der Waals surface area (Å²) in [6.07, 6.45) is 2.09. The Labute approximate surface area is 198 Å². The summed E-state index contributed by atoms with van der Waals surface area (Å²) in [5, 5.41) is 3.39. The van der Waals surface area contributed by atoms with E-state index in [9.17, 15) is 4.79 Å². The van der Waals surface area contributed by atoms with Gasteiger partial charge in [-0.25, -0.2) is 0 Å². The van der Waals surface area contributed by atoms with E-state index < -0.39 is 0 Å². The fourth-order valence-corrected chi connectivity index (χ4v) is 3.59. The van der Waals surface area contributed by atoms with Crippen LogP contribution in [0.2, 0.25) is 5.02 Å². The second-order valence-corrected chi connectivity index (χ2v) is 8.01. The van der Waals surface area contributed by atoms with Crippen molar-refractivity contribution in [3.05, 3.63) is 83.4 Å². The Morgan fingerprint density at radius 3 is 2.36 bits per heavy atom. The number of anilines is 1. The molecule has 1 atom stereocenters. The fraction of sp³-hybridized carbons (Fsp3) is 0.269. The van der Waals surface area contributed by atoms with E-state index in [0.29, 0.717) is 47.6 Å². The van der Waals surface area contributed by atoms with Gasteiger partial charge in [0.1, 0.15) is 37.1 Å². The van der Waals surface area contributed by atoms with E-state index in [1.807, 2.05) is 30.3 Å². The van der Waals surface area contributed by atoms with Crippen LogP contribution in [0.4, 0.5) is 5.69 Å². The number of carbonyl (C=O) groups is 1. The molecule has 1 amide bonds. The van der Waals surface area contributed by atoms with E-state index >= 15 is 0 Å². The minimum atomic E-state index is -0.266. The van der Waals surface area contributed by atoms with Crippen LogP contribution in [0.15, 0.2) is 72.8 Å². The Morgan fingerprint density at radius 2 is 1.67 bits per heavy atom. The number of carbonyl (C=O) groups excluding carboxylic acids is 1. The van der Waals surface area contributed by atoms with Gasteiger partial charge >= 0.3 is 0 Å². The maximum absolute atomic E-state index is 12.8. The second kappa shape index (κ2) is 11.6. The van der Waals surface area contributed by atoms with Crippen LogP contribution < -0.4 is 19.5 Å². The molecule has 3 aromatic carbocycles. The molecule has 1 saturated heterocycles. The molecule has 0 saturated carbocycles. The molecule has 0 unspecified atom stereocenters. The quantitative estimate of drug-likeness (QED) is 0.393. The molecule has 1 fully saturated rings. The molecule has 1 aliphatic heterocycles. The van der Waals surface area contributed by atoms with Gasteiger partial charge in [-0.3, -0.25) is 4.79 Å². The number of para-hydroxylation sites is 1. The molecule has 33 heavy (non-hydrogen) atoms. The Balaban J connectivity index is 1.29. The first-order valence-corrected chi connectivity index (χ1v) is 11.3. The number of benzene rings is 3. The highest BCUT2D eigenvalue weighted by atomic mass is 35.5. The number of rotatable bonds is 10. The molecule has 0 spiro atoms. The van der Waals surface area contributed by atoms with Gasteiger partial charge in [-0.1, -0.05) is 29.8 Å². The third-order valence-corrected chi connectivity index (χ3v) is 5.35. The zero-order valence-corrected chi connectivity index (χ0v) is 18.9. The van der Waals surface area contributed by atoms with E-state index in [4.69, 9.17) is 30.5 Å². The van der Waals surface area contributed by atoms with Crippen LogP contribution in [-0.2, 0) is 4.74 Å². The summed E-state index contributed by atoms with van der Waals surface area (Å²) < 4.78 is 22.8. The Hall–Kier alpha value is -3.22. The summed E-state index contributed by atoms with van der Waals surface area (Å²) in [6.45, 7) is 2.02. The molecule has 3 aromatic rings. The van der Waals surface area contributed by atoms with E-state index in [1.165, 1.54) is 0 Å². The SMILES string of the molecule is O=C(Nc1cc(Cl)ccc1OC[C@@H]1CCCO1)c1ccc(OCCOc2ccccc2)cc1. The summed E-state index contributed by atoms with van der Waals surface area (Å²) in [6, 6.07) is 21.6. The van der Waals surface area contributed by atoms with Crippen molar-refractivity contribution in [2.24, 2.45) is 0 Å². The molecule has 7 heteroatoms. The number of ether oxygens (including phenoxy) is 4. The van der Waals surface area contributed by atoms with Gasteiger partial charge in [0, 0.05) is 17.2 Å². The van der Waals surface area contributed by atoms with Crippen LogP contribution in [0.25, 0.3) is 0 Å². The third-order valence-electron chi connectivity index (χ3n) is 5.12. The molecule has 172 valence electrons. The molecule has 0 aliphatic carbocycles. The lowest BCUT2D eigenvalue weighted by Crippen LogP contribution is -2.18. The van der Waals surface area contributed by atoms with Gasteiger partial charge in [0.05, 0.1) is 11.8 Å². The normalized spacial score (nSPS) is 15.1. The molecule has 6 nitrogen and oxygen atoms in total. The molecular weight excluding hydrogens is 442 g/mol. The van der Waals surface area contributed by atoms with Crippen molar-refractivity contribution in [2.75, 3.05) is 31.7 Å². The average molecular weight is 468 g/mol. The molecular formula is C26H26ClNO5. The molecule has 1 N–H and O–H groups in total. The number of halogens is 1. The van der Waals surface area contributed by atoms with Crippen molar-refractivity contribution < 1.29 is 23.7 Å². The van der Waals surface area contributed by atoms with Crippen molar-refractivity contribution in [3.63, 3.8) is 0 Å². The van der Waals surface area contributed by atoms with Gasteiger partial charge in [-0.05, 0) is 67.4 Å². The largest absolute Gasteiger partial charge is 0.490 e. The number of amides is 1. The first-order valence-electron chi connectivity index (χ1n) is 10.9. The van der Waals surface area contributed by atoms with Crippen LogP contribution >= 0.6 is 11.6 Å². The van der Waals surface area contributed by atoms with Gasteiger partial charge in [-0.15, -0.1) is 0 Å². The maximum Gasteiger partial charge on any atom is 0.255 e. The molecule has 1 aliphatic rings. The summed E-state index contributed by atoms with van der Waals surface area (Å²) in [4.78, 5) is 12.8. The lowest BCUT2D eigenvalue weighted by atomic mass is 10.2. The highest BCUT2D eigenvalue weighted by Gasteiger charge is 2.18. The topological polar surface area (TPSA) is 66.0 Å². The standard InChI is InChI=1S/C26H26ClNO5/c27-20-10-13-25(33-18-23-7-4-14-30-23)24(17-20)28-26(29)19-8-11-22(12-9-19)32-16-15-31-21-5-2-1-3-6-21/h1-3,5-6,8-13,17,23H,4,7,14-16,18H2,(H,28,29)/t23-/m0/s1. The van der Waals surface area contributed by atoms with Gasteiger partial charge in [0.25, 0.3) is 5.91 Å². The van der Waals surface area contributed by atoms with Gasteiger partial charge in [0.15, 0.2) is 0 Å². The number of nitrogens with one attached hydrogen (secondary N) is 1. The lowest BCUT2D eigenvalue weighted by molar-refractivity contribution is 0.0682. The number of hydrogen-bond acceptors (Lipinski definition) is 5. The van der Waals surface area contributed by atoms with E-state index in [2.05, 4.69) is 5.32 Å². The van der Waals surface area contributed by atoms with Crippen molar-refractivity contribution in [2.45, 2.75) is 18.9 Å². The molecule has 0 bridgehead atoms. The van der Waals surface area contributed by atoms with Gasteiger partial charge in [0.2, 0.25) is 0 Å². The first kappa shape index (κ1) is 23.0. The van der Waals surface area contributed by atoms with Crippen molar-refractivity contribution in [3.8, 4) is 17.2 Å². The summed E-state index contributed by atoms with van der Waals surface area (Å²) >= 11 is 6.14. The van der Waals surface area contributed by atoms with Crippen LogP contribution in [0, 0.1) is 0 Å². The molecule has 4 rings (SSSR count). The summed E-state index contributed by atoms with van der Waals surface area (Å²) in [5.74, 6) is 1.75.